The molecule has 16 heteroatoms. The van der Waals surface area contributed by atoms with Crippen molar-refractivity contribution in [3.05, 3.63) is 11.1 Å². The summed E-state index contributed by atoms with van der Waals surface area (Å²) < 4.78 is 37.7. The molecule has 1 aromatic heterocycles. The number of carbonyl (C=O) groups is 3. The maximum Gasteiger partial charge on any atom is 0.410 e. The van der Waals surface area contributed by atoms with Crippen molar-refractivity contribution in [3.8, 4) is 0 Å². The molecule has 2 unspecified atom stereocenters. The molecule has 1 aromatic rings. The van der Waals surface area contributed by atoms with Gasteiger partial charge in [0.25, 0.3) is 11.8 Å². The van der Waals surface area contributed by atoms with Crippen molar-refractivity contribution in [2.45, 2.75) is 37.5 Å². The number of nitrogen functional groups attached to an aromatic ring is 1. The SMILES string of the molecule is CC1(O/N=C(\C(=O)NC2C(=O)N(S(=O)(=O)O)C2CN2CCOC2=O)c2csc(N)n2)CC1. The Bertz CT molecular complexity index is 1100. The van der Waals surface area contributed by atoms with Gasteiger partial charge >= 0.3 is 16.4 Å². The van der Waals surface area contributed by atoms with Crippen LogP contribution in [0.4, 0.5) is 9.93 Å². The number of cyclic esters (lactones) is 1. The monoisotopic (exact) mass is 488 g/mol. The number of nitrogens with two attached hydrogens (primary N) is 1. The van der Waals surface area contributed by atoms with Crippen molar-refractivity contribution in [3.63, 3.8) is 0 Å². The lowest BCUT2D eigenvalue weighted by Gasteiger charge is -2.45. The first-order valence-corrected chi connectivity index (χ1v) is 11.8. The molecule has 3 aliphatic rings. The molecule has 0 aromatic carbocycles. The fourth-order valence-corrected chi connectivity index (χ4v) is 4.61. The minimum atomic E-state index is -4.91. The number of ether oxygens (including phenoxy) is 1. The highest BCUT2D eigenvalue weighted by Crippen LogP contribution is 2.39. The molecule has 2 saturated heterocycles. The van der Waals surface area contributed by atoms with Crippen LogP contribution in [-0.4, -0.2) is 88.2 Å². The molecule has 32 heavy (non-hydrogen) atoms. The molecule has 4 N–H and O–H groups in total. The first-order chi connectivity index (χ1) is 15.0. The number of oxime groups is 1. The molecule has 0 radical (unpaired) electrons. The molecule has 14 nitrogen and oxygen atoms in total. The van der Waals surface area contributed by atoms with Crippen LogP contribution in [-0.2, 0) is 29.5 Å². The average Bonchev–Trinajstić information content (AvgIpc) is 3.06. The predicted molar refractivity (Wildman–Crippen MR) is 109 cm³/mol. The van der Waals surface area contributed by atoms with Gasteiger partial charge in [-0.25, -0.2) is 14.1 Å². The number of nitrogens with one attached hydrogen (secondary N) is 1. The third kappa shape index (κ3) is 4.33. The Morgan fingerprint density at radius 2 is 2.22 bits per heavy atom. The number of β-lactam (4-membered cyclic amide) rings is 1. The highest BCUT2D eigenvalue weighted by Gasteiger charge is 2.55. The Kier molecular flexibility index (Phi) is 5.46. The third-order valence-corrected chi connectivity index (χ3v) is 6.87. The summed E-state index contributed by atoms with van der Waals surface area (Å²) in [7, 11) is -4.91. The molecule has 174 valence electrons. The number of aromatic nitrogens is 1. The number of rotatable bonds is 8. The summed E-state index contributed by atoms with van der Waals surface area (Å²) in [6, 6.07) is -2.59. The number of anilines is 1. The van der Waals surface area contributed by atoms with Gasteiger partial charge in [-0.3, -0.25) is 14.1 Å². The number of thiazole rings is 1. The van der Waals surface area contributed by atoms with Crippen LogP contribution in [0.15, 0.2) is 10.5 Å². The predicted octanol–water partition coefficient (Wildman–Crippen LogP) is -1.05. The normalized spacial score (nSPS) is 24.8. The molecule has 2 atom stereocenters. The zero-order valence-electron chi connectivity index (χ0n) is 16.8. The molecule has 3 fully saturated rings. The van der Waals surface area contributed by atoms with Gasteiger partial charge in [0, 0.05) is 11.9 Å². The summed E-state index contributed by atoms with van der Waals surface area (Å²) in [5.41, 5.74) is 5.01. The van der Waals surface area contributed by atoms with E-state index in [1.807, 2.05) is 6.92 Å². The van der Waals surface area contributed by atoms with E-state index in [0.29, 0.717) is 0 Å². The number of amides is 3. The Morgan fingerprint density at radius 1 is 1.50 bits per heavy atom. The van der Waals surface area contributed by atoms with Crippen molar-refractivity contribution in [2.24, 2.45) is 5.16 Å². The maximum absolute atomic E-state index is 13.0. The van der Waals surface area contributed by atoms with Crippen molar-refractivity contribution < 1.29 is 36.9 Å². The van der Waals surface area contributed by atoms with E-state index in [-0.39, 0.29) is 40.5 Å². The topological polar surface area (TPSA) is 194 Å². The van der Waals surface area contributed by atoms with Crippen LogP contribution >= 0.6 is 11.3 Å². The summed E-state index contributed by atoms with van der Waals surface area (Å²) in [5, 5.41) is 7.97. The standard InChI is InChI=1S/C16H20N6O8S2/c1-16(2-3-16)30-20-10(8-7-31-14(17)18-8)12(23)19-11-9(6-21-4-5-29-15(21)25)22(13(11)24)32(26,27)28/h7,9,11H,2-6H2,1H3,(H2,17,18)(H,19,23)(H,26,27,28)/b20-10-. The van der Waals surface area contributed by atoms with Gasteiger partial charge in [0.15, 0.2) is 10.8 Å². The van der Waals surface area contributed by atoms with Crippen molar-refractivity contribution in [2.75, 3.05) is 25.4 Å². The molecule has 0 spiro atoms. The second kappa shape index (κ2) is 7.86. The van der Waals surface area contributed by atoms with E-state index in [1.165, 1.54) is 10.3 Å². The van der Waals surface area contributed by atoms with Gasteiger partial charge in [-0.1, -0.05) is 5.16 Å². The molecule has 4 rings (SSSR count). The highest BCUT2D eigenvalue weighted by atomic mass is 32.2. The van der Waals surface area contributed by atoms with Crippen molar-refractivity contribution in [1.82, 2.24) is 19.5 Å². The van der Waals surface area contributed by atoms with Crippen LogP contribution in [0.1, 0.15) is 25.5 Å². The number of carbonyl (C=O) groups excluding carboxylic acids is 3. The lowest BCUT2D eigenvalue weighted by molar-refractivity contribution is -0.145. The molecular formula is C16H20N6O8S2. The Hall–Kier alpha value is -2.98. The van der Waals surface area contributed by atoms with E-state index >= 15 is 0 Å². The minimum Gasteiger partial charge on any atom is -0.448 e. The Morgan fingerprint density at radius 3 is 2.75 bits per heavy atom. The number of hydrogen-bond donors (Lipinski definition) is 3. The Labute approximate surface area is 186 Å². The van der Waals surface area contributed by atoms with Crippen LogP contribution in [0.5, 0.6) is 0 Å². The van der Waals surface area contributed by atoms with Crippen molar-refractivity contribution in [1.29, 1.82) is 0 Å². The minimum absolute atomic E-state index is 0.0978. The average molecular weight is 489 g/mol. The van der Waals surface area contributed by atoms with Gasteiger partial charge in [0.1, 0.15) is 23.9 Å². The lowest BCUT2D eigenvalue weighted by atomic mass is 9.97. The van der Waals surface area contributed by atoms with Gasteiger partial charge in [-0.2, -0.15) is 8.42 Å². The van der Waals surface area contributed by atoms with Crippen LogP contribution in [0, 0.1) is 0 Å². The lowest BCUT2D eigenvalue weighted by Crippen LogP contribution is -2.74. The fraction of sp³-hybridized carbons (Fsp3) is 0.562. The second-order valence-electron chi connectivity index (χ2n) is 7.74. The summed E-state index contributed by atoms with van der Waals surface area (Å²) >= 11 is 1.07. The van der Waals surface area contributed by atoms with E-state index in [2.05, 4.69) is 15.5 Å². The summed E-state index contributed by atoms with van der Waals surface area (Å²) in [5.74, 6) is -1.92. The molecule has 1 aliphatic carbocycles. The quantitative estimate of drug-likeness (QED) is 0.176. The van der Waals surface area contributed by atoms with Gasteiger partial charge in [-0.05, 0) is 19.8 Å². The van der Waals surface area contributed by atoms with Crippen LogP contribution in [0.3, 0.4) is 0 Å². The van der Waals surface area contributed by atoms with Gasteiger partial charge in [0.2, 0.25) is 0 Å². The second-order valence-corrected chi connectivity index (χ2v) is 9.92. The third-order valence-electron chi connectivity index (χ3n) is 5.25. The number of hydrogen-bond acceptors (Lipinski definition) is 11. The highest BCUT2D eigenvalue weighted by molar-refractivity contribution is 7.84. The summed E-state index contributed by atoms with van der Waals surface area (Å²) in [6.07, 6.45) is 0.808. The van der Waals surface area contributed by atoms with Crippen LogP contribution in [0.2, 0.25) is 0 Å². The molecule has 3 heterocycles. The first kappa shape index (κ1) is 22.2. The van der Waals surface area contributed by atoms with E-state index in [0.717, 1.165) is 24.2 Å². The number of nitrogens with zero attached hydrogens (tertiary/aromatic N) is 4. The summed E-state index contributed by atoms with van der Waals surface area (Å²) in [4.78, 5) is 47.7. The van der Waals surface area contributed by atoms with E-state index < -0.39 is 45.9 Å². The molecule has 3 amide bonds. The molecular weight excluding hydrogens is 468 g/mol. The zero-order chi connectivity index (χ0) is 23.3. The van der Waals surface area contributed by atoms with Gasteiger partial charge in [-0.15, -0.1) is 11.3 Å². The smallest absolute Gasteiger partial charge is 0.410 e. The maximum atomic E-state index is 13.0. The first-order valence-electron chi connectivity index (χ1n) is 9.49. The van der Waals surface area contributed by atoms with Gasteiger partial charge < -0.3 is 25.5 Å². The largest absolute Gasteiger partial charge is 0.448 e. The van der Waals surface area contributed by atoms with E-state index in [9.17, 15) is 27.4 Å². The molecule has 2 aliphatic heterocycles. The van der Waals surface area contributed by atoms with Crippen LogP contribution in [0.25, 0.3) is 0 Å². The van der Waals surface area contributed by atoms with Crippen LogP contribution < -0.4 is 11.1 Å². The zero-order valence-corrected chi connectivity index (χ0v) is 18.4. The van der Waals surface area contributed by atoms with Crippen molar-refractivity contribution >= 4 is 50.4 Å². The van der Waals surface area contributed by atoms with E-state index in [1.54, 1.807) is 0 Å². The Balaban J connectivity index is 1.55. The fourth-order valence-electron chi connectivity index (χ4n) is 3.19. The van der Waals surface area contributed by atoms with E-state index in [4.69, 9.17) is 15.3 Å². The molecule has 1 saturated carbocycles. The van der Waals surface area contributed by atoms with Gasteiger partial charge in [0.05, 0.1) is 12.6 Å². The summed E-state index contributed by atoms with van der Waals surface area (Å²) in [6.45, 7) is 1.80. The molecule has 0 bridgehead atoms.